The number of nitrogens with zero attached hydrogens (tertiary/aromatic N) is 2. The molecule has 2 aliphatic rings. The van der Waals surface area contributed by atoms with E-state index in [1.54, 1.807) is 11.3 Å². The smallest absolute Gasteiger partial charge is 0.224 e. The summed E-state index contributed by atoms with van der Waals surface area (Å²) in [6, 6.07) is 1.45. The van der Waals surface area contributed by atoms with Crippen LogP contribution in [0.25, 0.3) is 0 Å². The van der Waals surface area contributed by atoms with Crippen LogP contribution in [0.15, 0.2) is 5.38 Å². The van der Waals surface area contributed by atoms with Crippen molar-refractivity contribution in [1.29, 1.82) is 0 Å². The van der Waals surface area contributed by atoms with Crippen molar-refractivity contribution < 1.29 is 9.53 Å². The lowest BCUT2D eigenvalue weighted by molar-refractivity contribution is -0.126. The third-order valence-electron chi connectivity index (χ3n) is 5.53. The van der Waals surface area contributed by atoms with Crippen molar-refractivity contribution in [2.24, 2.45) is 5.92 Å². The molecule has 1 amide bonds. The van der Waals surface area contributed by atoms with Crippen LogP contribution in [0.5, 0.6) is 0 Å². The molecule has 2 saturated heterocycles. The van der Waals surface area contributed by atoms with Crippen molar-refractivity contribution >= 4 is 17.2 Å². The number of hydrogen-bond acceptors (Lipinski definition) is 6. The lowest BCUT2D eigenvalue weighted by Crippen LogP contribution is -2.49. The lowest BCUT2D eigenvalue weighted by atomic mass is 10.00. The number of carbonyl (C=O) groups is 1. The SMILES string of the molecule is Cc1nc(CNC(=O)[C@@H]2CC[C@H](NC(C)C)CN(C3CCOCC3)C2)cs1. The molecule has 2 aliphatic heterocycles. The number of carbonyl (C=O) groups excluding carboxylic acids is 1. The van der Waals surface area contributed by atoms with Crippen molar-refractivity contribution in [2.75, 3.05) is 26.3 Å². The molecule has 0 aliphatic carbocycles. The third-order valence-corrected chi connectivity index (χ3v) is 6.35. The highest BCUT2D eigenvalue weighted by Crippen LogP contribution is 2.23. The molecule has 0 bridgehead atoms. The van der Waals surface area contributed by atoms with Crippen LogP contribution in [-0.2, 0) is 16.1 Å². The molecule has 1 aromatic heterocycles. The summed E-state index contributed by atoms with van der Waals surface area (Å²) in [6.07, 6.45) is 4.12. The topological polar surface area (TPSA) is 66.5 Å². The Morgan fingerprint density at radius 3 is 2.74 bits per heavy atom. The van der Waals surface area contributed by atoms with Crippen LogP contribution in [0.4, 0.5) is 0 Å². The van der Waals surface area contributed by atoms with E-state index in [4.69, 9.17) is 4.74 Å². The highest BCUT2D eigenvalue weighted by Gasteiger charge is 2.32. The Bertz CT molecular complexity index is 601. The molecule has 0 unspecified atom stereocenters. The van der Waals surface area contributed by atoms with Gasteiger partial charge in [-0.2, -0.15) is 0 Å². The molecule has 6 nitrogen and oxygen atoms in total. The zero-order chi connectivity index (χ0) is 19.2. The number of likely N-dealkylation sites (tertiary alicyclic amines) is 1. The molecular weight excluding hydrogens is 360 g/mol. The number of hydrogen-bond donors (Lipinski definition) is 2. The molecule has 2 N–H and O–H groups in total. The van der Waals surface area contributed by atoms with Gasteiger partial charge >= 0.3 is 0 Å². The third kappa shape index (κ3) is 6.24. The van der Waals surface area contributed by atoms with E-state index >= 15 is 0 Å². The lowest BCUT2D eigenvalue weighted by Gasteiger charge is -2.36. The number of amides is 1. The van der Waals surface area contributed by atoms with Crippen LogP contribution in [0.2, 0.25) is 0 Å². The quantitative estimate of drug-likeness (QED) is 0.775. The van der Waals surface area contributed by atoms with Gasteiger partial charge in [-0.3, -0.25) is 9.69 Å². The fourth-order valence-electron chi connectivity index (χ4n) is 4.21. The second-order valence-corrected chi connectivity index (χ2v) is 9.23. The summed E-state index contributed by atoms with van der Waals surface area (Å²) in [5, 5.41) is 9.89. The summed E-state index contributed by atoms with van der Waals surface area (Å²) < 4.78 is 5.55. The van der Waals surface area contributed by atoms with Crippen LogP contribution >= 0.6 is 11.3 Å². The average molecular weight is 395 g/mol. The Hall–Kier alpha value is -1.02. The second-order valence-electron chi connectivity index (χ2n) is 8.17. The number of ether oxygens (including phenoxy) is 1. The zero-order valence-corrected chi connectivity index (χ0v) is 17.7. The second kappa shape index (κ2) is 9.96. The number of aryl methyl sites for hydroxylation is 1. The normalized spacial score (nSPS) is 25.5. The average Bonchev–Trinajstić information content (AvgIpc) is 2.95. The molecule has 0 aromatic carbocycles. The van der Waals surface area contributed by atoms with Crippen LogP contribution < -0.4 is 10.6 Å². The summed E-state index contributed by atoms with van der Waals surface area (Å²) in [4.78, 5) is 19.9. The summed E-state index contributed by atoms with van der Waals surface area (Å²) in [5.74, 6) is 0.217. The summed E-state index contributed by atoms with van der Waals surface area (Å²) in [5.41, 5.74) is 0.958. The van der Waals surface area contributed by atoms with Gasteiger partial charge in [0, 0.05) is 49.8 Å². The predicted molar refractivity (Wildman–Crippen MR) is 109 cm³/mol. The summed E-state index contributed by atoms with van der Waals surface area (Å²) in [7, 11) is 0. The first kappa shape index (κ1) is 20.7. The van der Waals surface area contributed by atoms with Crippen LogP contribution in [0.1, 0.15) is 50.2 Å². The first-order valence-corrected chi connectivity index (χ1v) is 11.2. The Morgan fingerprint density at radius 1 is 1.30 bits per heavy atom. The van der Waals surface area contributed by atoms with Gasteiger partial charge in [-0.25, -0.2) is 4.98 Å². The molecule has 3 rings (SSSR count). The molecule has 0 saturated carbocycles. The van der Waals surface area contributed by atoms with E-state index in [0.29, 0.717) is 24.7 Å². The summed E-state index contributed by atoms with van der Waals surface area (Å²) in [6.45, 7) is 10.5. The van der Waals surface area contributed by atoms with Gasteiger partial charge in [0.05, 0.1) is 23.2 Å². The Balaban J connectivity index is 1.61. The molecule has 2 atom stereocenters. The van der Waals surface area contributed by atoms with Crippen molar-refractivity contribution in [1.82, 2.24) is 20.5 Å². The maximum absolute atomic E-state index is 12.9. The molecule has 0 spiro atoms. The van der Waals surface area contributed by atoms with Gasteiger partial charge in [-0.05, 0) is 32.6 Å². The zero-order valence-electron chi connectivity index (χ0n) is 16.9. The number of thiazole rings is 1. The van der Waals surface area contributed by atoms with Crippen LogP contribution in [-0.4, -0.2) is 60.2 Å². The van der Waals surface area contributed by atoms with Gasteiger partial charge in [0.15, 0.2) is 0 Å². The first-order chi connectivity index (χ1) is 13.0. The van der Waals surface area contributed by atoms with Crippen molar-refractivity contribution in [3.8, 4) is 0 Å². The van der Waals surface area contributed by atoms with E-state index in [1.165, 1.54) is 0 Å². The number of aromatic nitrogens is 1. The number of rotatable bonds is 6. The van der Waals surface area contributed by atoms with Gasteiger partial charge in [-0.1, -0.05) is 13.8 Å². The van der Waals surface area contributed by atoms with Crippen LogP contribution in [0.3, 0.4) is 0 Å². The van der Waals surface area contributed by atoms with Gasteiger partial charge in [-0.15, -0.1) is 11.3 Å². The van der Waals surface area contributed by atoms with E-state index in [2.05, 4.69) is 34.4 Å². The fourth-order valence-corrected chi connectivity index (χ4v) is 4.82. The maximum Gasteiger partial charge on any atom is 0.224 e. The van der Waals surface area contributed by atoms with Crippen molar-refractivity contribution in [3.63, 3.8) is 0 Å². The predicted octanol–water partition coefficient (Wildman–Crippen LogP) is 2.33. The monoisotopic (exact) mass is 394 g/mol. The molecule has 0 radical (unpaired) electrons. The van der Waals surface area contributed by atoms with Gasteiger partial charge in [0.25, 0.3) is 0 Å². The molecule has 7 heteroatoms. The highest BCUT2D eigenvalue weighted by molar-refractivity contribution is 7.09. The molecular formula is C20H34N4O2S. The highest BCUT2D eigenvalue weighted by atomic mass is 32.1. The van der Waals surface area contributed by atoms with Crippen molar-refractivity contribution in [3.05, 3.63) is 16.1 Å². The number of nitrogens with one attached hydrogen (secondary N) is 2. The van der Waals surface area contributed by atoms with Gasteiger partial charge in [0.2, 0.25) is 5.91 Å². The van der Waals surface area contributed by atoms with E-state index in [1.807, 2.05) is 12.3 Å². The Morgan fingerprint density at radius 2 is 2.07 bits per heavy atom. The van der Waals surface area contributed by atoms with E-state index in [-0.39, 0.29) is 11.8 Å². The van der Waals surface area contributed by atoms with Crippen molar-refractivity contribution in [2.45, 2.75) is 71.1 Å². The minimum absolute atomic E-state index is 0.0477. The van der Waals surface area contributed by atoms with Crippen LogP contribution in [0, 0.1) is 12.8 Å². The van der Waals surface area contributed by atoms with E-state index in [9.17, 15) is 4.79 Å². The van der Waals surface area contributed by atoms with Gasteiger partial charge in [0.1, 0.15) is 0 Å². The van der Waals surface area contributed by atoms with E-state index < -0.39 is 0 Å². The Kier molecular flexibility index (Phi) is 7.64. The van der Waals surface area contributed by atoms with E-state index in [0.717, 1.165) is 62.7 Å². The maximum atomic E-state index is 12.9. The van der Waals surface area contributed by atoms with Gasteiger partial charge < -0.3 is 15.4 Å². The fraction of sp³-hybridized carbons (Fsp3) is 0.800. The molecule has 2 fully saturated rings. The minimum Gasteiger partial charge on any atom is -0.381 e. The molecule has 1 aromatic rings. The molecule has 152 valence electrons. The minimum atomic E-state index is 0.0477. The first-order valence-electron chi connectivity index (χ1n) is 10.3. The molecule has 3 heterocycles. The standard InChI is InChI=1S/C20H34N4O2S/c1-14(2)22-17-5-4-16(11-24(12-17)19-6-8-26-9-7-19)20(25)21-10-18-13-27-15(3)23-18/h13-14,16-17,19,22H,4-12H2,1-3H3,(H,21,25)/t16-,17+/m1/s1. The molecule has 27 heavy (non-hydrogen) atoms. The Labute approximate surface area is 167 Å². The summed E-state index contributed by atoms with van der Waals surface area (Å²) >= 11 is 1.63. The largest absolute Gasteiger partial charge is 0.381 e.